The molecule has 1 aliphatic heterocycles. The highest BCUT2D eigenvalue weighted by Crippen LogP contribution is 2.21. The number of hydrogen-bond acceptors (Lipinski definition) is 4. The Morgan fingerprint density at radius 2 is 2.10 bits per heavy atom. The number of carbonyl (C=O) groups is 1. The highest BCUT2D eigenvalue weighted by Gasteiger charge is 2.26. The van der Waals surface area contributed by atoms with E-state index in [1.54, 1.807) is 0 Å². The normalized spacial score (nSPS) is 17.1. The fourth-order valence-corrected chi connectivity index (χ4v) is 3.98. The van der Waals surface area contributed by atoms with E-state index < -0.39 is 0 Å². The molecule has 1 saturated carbocycles. The van der Waals surface area contributed by atoms with Crippen LogP contribution in [0.5, 0.6) is 0 Å². The summed E-state index contributed by atoms with van der Waals surface area (Å²) < 4.78 is 1.94. The topological polar surface area (TPSA) is 83.0 Å². The minimum Gasteiger partial charge on any atom is -0.348 e. The Balaban J connectivity index is 1.36. The predicted molar refractivity (Wildman–Crippen MR) is 111 cm³/mol. The number of aromatic amines is 1. The van der Waals surface area contributed by atoms with E-state index in [4.69, 9.17) is 0 Å². The number of benzene rings is 1. The number of hydrogen-bond donors (Lipinski definition) is 2. The van der Waals surface area contributed by atoms with Crippen LogP contribution < -0.4 is 10.9 Å². The third-order valence-electron chi connectivity index (χ3n) is 5.71. The Morgan fingerprint density at radius 3 is 2.93 bits per heavy atom. The van der Waals surface area contributed by atoms with E-state index >= 15 is 0 Å². The average molecular weight is 391 g/mol. The second-order valence-electron chi connectivity index (χ2n) is 8.27. The molecule has 1 aromatic carbocycles. The Bertz CT molecular complexity index is 1140. The van der Waals surface area contributed by atoms with Crippen LogP contribution in [0.3, 0.4) is 0 Å². The highest BCUT2D eigenvalue weighted by atomic mass is 16.2. The van der Waals surface area contributed by atoms with E-state index in [9.17, 15) is 9.59 Å². The zero-order valence-corrected chi connectivity index (χ0v) is 16.6. The SMILES string of the molecule is Cc1ccc2cc(CN3CCCn4nc(C(=O)NC5CC5)cc4C3)c(=O)[nH]c2c1. The number of amides is 1. The molecule has 3 heterocycles. The maximum atomic E-state index is 12.6. The van der Waals surface area contributed by atoms with Gasteiger partial charge >= 0.3 is 0 Å². The number of H-pyrrole nitrogens is 1. The average Bonchev–Trinajstić information content (AvgIpc) is 3.44. The molecule has 150 valence electrons. The lowest BCUT2D eigenvalue weighted by Crippen LogP contribution is -2.27. The van der Waals surface area contributed by atoms with Crippen molar-refractivity contribution in [3.8, 4) is 0 Å². The van der Waals surface area contributed by atoms with Gasteiger partial charge in [0, 0.05) is 43.3 Å². The Kier molecular flexibility index (Phi) is 4.47. The van der Waals surface area contributed by atoms with Gasteiger partial charge in [0.1, 0.15) is 5.69 Å². The van der Waals surface area contributed by atoms with Crippen molar-refractivity contribution in [1.29, 1.82) is 0 Å². The Hall–Kier alpha value is -2.93. The van der Waals surface area contributed by atoms with Crippen LogP contribution in [0.4, 0.5) is 0 Å². The first-order valence-corrected chi connectivity index (χ1v) is 10.3. The van der Waals surface area contributed by atoms with E-state index in [-0.39, 0.29) is 11.5 Å². The van der Waals surface area contributed by atoms with Gasteiger partial charge in [0.2, 0.25) is 0 Å². The first-order valence-electron chi connectivity index (χ1n) is 10.3. The summed E-state index contributed by atoms with van der Waals surface area (Å²) >= 11 is 0. The summed E-state index contributed by atoms with van der Waals surface area (Å²) in [6.45, 7) is 4.95. The number of carbonyl (C=O) groups excluding carboxylic acids is 1. The Morgan fingerprint density at radius 1 is 1.24 bits per heavy atom. The van der Waals surface area contributed by atoms with Gasteiger partial charge in [-0.1, -0.05) is 12.1 Å². The second kappa shape index (κ2) is 7.15. The van der Waals surface area contributed by atoms with Gasteiger partial charge in [0.05, 0.1) is 5.69 Å². The molecule has 0 bridgehead atoms. The van der Waals surface area contributed by atoms with Gasteiger partial charge in [-0.05, 0) is 55.3 Å². The fraction of sp³-hybridized carbons (Fsp3) is 0.409. The van der Waals surface area contributed by atoms with Crippen molar-refractivity contribution in [2.75, 3.05) is 6.54 Å². The minimum atomic E-state index is -0.0825. The van der Waals surface area contributed by atoms with Crippen molar-refractivity contribution in [3.63, 3.8) is 0 Å². The van der Waals surface area contributed by atoms with Gasteiger partial charge in [-0.15, -0.1) is 0 Å². The van der Waals surface area contributed by atoms with E-state index in [1.807, 2.05) is 35.9 Å². The monoisotopic (exact) mass is 391 g/mol. The van der Waals surface area contributed by atoms with Crippen molar-refractivity contribution < 1.29 is 4.79 Å². The zero-order chi connectivity index (χ0) is 20.0. The largest absolute Gasteiger partial charge is 0.348 e. The van der Waals surface area contributed by atoms with Gasteiger partial charge in [-0.25, -0.2) is 0 Å². The number of fused-ring (bicyclic) bond motifs is 2. The first-order chi connectivity index (χ1) is 14.0. The van der Waals surface area contributed by atoms with E-state index in [0.29, 0.717) is 24.8 Å². The summed E-state index contributed by atoms with van der Waals surface area (Å²) in [5.74, 6) is -0.0825. The van der Waals surface area contributed by atoms with Crippen LogP contribution in [0.15, 0.2) is 35.1 Å². The van der Waals surface area contributed by atoms with Crippen LogP contribution in [0.2, 0.25) is 0 Å². The summed E-state index contributed by atoms with van der Waals surface area (Å²) in [6.07, 6.45) is 3.06. The molecule has 3 aromatic rings. The molecular weight excluding hydrogens is 366 g/mol. The molecule has 1 aliphatic carbocycles. The van der Waals surface area contributed by atoms with Gasteiger partial charge in [-0.3, -0.25) is 19.2 Å². The lowest BCUT2D eigenvalue weighted by Gasteiger charge is -2.19. The molecule has 0 saturated heterocycles. The summed E-state index contributed by atoms with van der Waals surface area (Å²) in [4.78, 5) is 30.2. The van der Waals surface area contributed by atoms with Gasteiger partial charge in [0.15, 0.2) is 0 Å². The molecule has 5 rings (SSSR count). The Labute approximate surface area is 168 Å². The smallest absolute Gasteiger partial charge is 0.272 e. The number of pyridine rings is 1. The first kappa shape index (κ1) is 18.1. The maximum absolute atomic E-state index is 12.6. The van der Waals surface area contributed by atoms with Gasteiger partial charge in [0.25, 0.3) is 11.5 Å². The fourth-order valence-electron chi connectivity index (χ4n) is 3.98. The maximum Gasteiger partial charge on any atom is 0.272 e. The van der Waals surface area contributed by atoms with Crippen molar-refractivity contribution in [2.45, 2.75) is 51.9 Å². The number of aryl methyl sites for hydroxylation is 2. The van der Waals surface area contributed by atoms with Crippen LogP contribution in [0, 0.1) is 6.92 Å². The highest BCUT2D eigenvalue weighted by molar-refractivity contribution is 5.92. The number of rotatable bonds is 4. The van der Waals surface area contributed by atoms with E-state index in [0.717, 1.165) is 60.1 Å². The predicted octanol–water partition coefficient (Wildman–Crippen LogP) is 2.33. The molecule has 7 heteroatoms. The summed E-state index contributed by atoms with van der Waals surface area (Å²) in [7, 11) is 0. The molecule has 29 heavy (non-hydrogen) atoms. The molecule has 1 fully saturated rings. The third kappa shape index (κ3) is 3.82. The van der Waals surface area contributed by atoms with Crippen molar-refractivity contribution in [2.24, 2.45) is 0 Å². The summed E-state index contributed by atoms with van der Waals surface area (Å²) in [6, 6.07) is 10.3. The van der Waals surface area contributed by atoms with E-state index in [1.165, 1.54) is 0 Å². The second-order valence-corrected chi connectivity index (χ2v) is 8.27. The van der Waals surface area contributed by atoms with Gasteiger partial charge < -0.3 is 10.3 Å². The zero-order valence-electron chi connectivity index (χ0n) is 16.6. The number of nitrogens with zero attached hydrogens (tertiary/aromatic N) is 3. The quantitative estimate of drug-likeness (QED) is 0.715. The molecule has 2 aliphatic rings. The van der Waals surface area contributed by atoms with Crippen molar-refractivity contribution in [3.05, 3.63) is 63.2 Å². The van der Waals surface area contributed by atoms with Crippen molar-refractivity contribution >= 4 is 16.8 Å². The standard InChI is InChI=1S/C22H25N5O2/c1-14-3-4-15-10-16(21(28)24-19(15)9-14)12-26-7-2-8-27-18(13-26)11-20(25-27)22(29)23-17-5-6-17/h3-4,9-11,17H,2,5-8,12-13H2,1H3,(H,23,29)(H,24,28). The third-order valence-corrected chi connectivity index (χ3v) is 5.71. The van der Waals surface area contributed by atoms with Crippen LogP contribution in [0.1, 0.15) is 46.6 Å². The van der Waals surface area contributed by atoms with Crippen LogP contribution in [0.25, 0.3) is 10.9 Å². The van der Waals surface area contributed by atoms with Crippen LogP contribution >= 0.6 is 0 Å². The van der Waals surface area contributed by atoms with E-state index in [2.05, 4.69) is 26.4 Å². The summed E-state index contributed by atoms with van der Waals surface area (Å²) in [5.41, 5.74) is 4.25. The molecule has 0 spiro atoms. The number of nitrogens with one attached hydrogen (secondary N) is 2. The lowest BCUT2D eigenvalue weighted by molar-refractivity contribution is 0.0945. The lowest BCUT2D eigenvalue weighted by atomic mass is 10.1. The molecule has 2 N–H and O–H groups in total. The minimum absolute atomic E-state index is 0.0367. The van der Waals surface area contributed by atoms with Crippen molar-refractivity contribution in [1.82, 2.24) is 25.0 Å². The van der Waals surface area contributed by atoms with Crippen LogP contribution in [-0.4, -0.2) is 38.2 Å². The molecule has 7 nitrogen and oxygen atoms in total. The van der Waals surface area contributed by atoms with Crippen LogP contribution in [-0.2, 0) is 19.6 Å². The van der Waals surface area contributed by atoms with Gasteiger partial charge in [-0.2, -0.15) is 5.10 Å². The molecule has 2 aromatic heterocycles. The summed E-state index contributed by atoms with van der Waals surface area (Å²) in [5, 5.41) is 8.56. The number of aromatic nitrogens is 3. The molecule has 0 atom stereocenters. The molecular formula is C22H25N5O2. The molecule has 1 amide bonds. The molecule has 0 radical (unpaired) electrons. The molecule has 0 unspecified atom stereocenters.